The highest BCUT2D eigenvalue weighted by atomic mass is 32.1. The van der Waals surface area contributed by atoms with Crippen LogP contribution in [0.15, 0.2) is 11.2 Å². The predicted octanol–water partition coefficient (Wildman–Crippen LogP) is 0.926. The lowest BCUT2D eigenvalue weighted by Gasteiger charge is -2.29. The molecule has 1 N–H and O–H groups in total. The number of aromatic nitrogens is 2. The molecule has 24 heavy (non-hydrogen) atoms. The van der Waals surface area contributed by atoms with Gasteiger partial charge in [-0.15, -0.1) is 5.10 Å². The maximum absolute atomic E-state index is 13.1. The summed E-state index contributed by atoms with van der Waals surface area (Å²) in [6, 6.07) is -0.272. The third kappa shape index (κ3) is 3.08. The van der Waals surface area contributed by atoms with E-state index in [-0.39, 0.29) is 11.9 Å². The number of nitrogens with zero attached hydrogens (tertiary/aromatic N) is 5. The van der Waals surface area contributed by atoms with Crippen molar-refractivity contribution in [2.75, 3.05) is 38.1 Å². The first-order valence-corrected chi connectivity index (χ1v) is 9.07. The first-order valence-electron chi connectivity index (χ1n) is 8.19. The maximum atomic E-state index is 13.1. The van der Waals surface area contributed by atoms with E-state index in [0.29, 0.717) is 42.8 Å². The number of hydrogen-bond donors (Lipinski definition) is 1. The van der Waals surface area contributed by atoms with Gasteiger partial charge in [-0.05, 0) is 39.0 Å². The first-order chi connectivity index (χ1) is 11.5. The van der Waals surface area contributed by atoms with Crippen LogP contribution in [0.4, 0.5) is 9.93 Å². The van der Waals surface area contributed by atoms with Gasteiger partial charge < -0.3 is 9.80 Å². The van der Waals surface area contributed by atoms with Gasteiger partial charge in [0.05, 0.1) is 7.05 Å². The Morgan fingerprint density at radius 3 is 2.33 bits per heavy atom. The number of hydrogen-bond acceptors (Lipinski definition) is 5. The molecule has 9 heteroatoms. The van der Waals surface area contributed by atoms with Crippen LogP contribution in [0, 0.1) is 0 Å². The van der Waals surface area contributed by atoms with Crippen molar-refractivity contribution < 1.29 is 14.3 Å². The Kier molecular flexibility index (Phi) is 5.76. The molecule has 0 aromatic carbocycles. The Bertz CT molecular complexity index is 648. The summed E-state index contributed by atoms with van der Waals surface area (Å²) in [5, 5.41) is 7.81. The summed E-state index contributed by atoms with van der Waals surface area (Å²) in [5.74, 6) is 0.324. The second kappa shape index (κ2) is 7.61. The smallest absolute Gasteiger partial charge is 0.362 e. The maximum Gasteiger partial charge on any atom is 0.444 e. The summed E-state index contributed by atoms with van der Waals surface area (Å²) < 4.78 is 1.63. The molecule has 0 unspecified atom stereocenters. The van der Waals surface area contributed by atoms with Crippen LogP contribution < -0.4 is 14.9 Å². The fourth-order valence-corrected chi connectivity index (χ4v) is 3.38. The van der Waals surface area contributed by atoms with Crippen LogP contribution in [-0.2, 0) is 4.79 Å². The van der Waals surface area contributed by atoms with Gasteiger partial charge in [-0.1, -0.05) is 4.68 Å². The minimum atomic E-state index is -0.272. The van der Waals surface area contributed by atoms with Gasteiger partial charge >= 0.3 is 11.2 Å². The largest absolute Gasteiger partial charge is 0.444 e. The molecule has 0 radical (unpaired) electrons. The van der Waals surface area contributed by atoms with E-state index in [1.165, 1.54) is 16.2 Å². The van der Waals surface area contributed by atoms with Crippen LogP contribution in [0.3, 0.4) is 0 Å². The van der Waals surface area contributed by atoms with Gasteiger partial charge in [0.25, 0.3) is 11.7 Å². The SMILES string of the molecule is CCN(CC)C(=O)/C(=C1\NC(=O)N(C)c2scn[n+]21)N(CC)CC. The number of amides is 3. The number of anilines is 1. The van der Waals surface area contributed by atoms with E-state index >= 15 is 0 Å². The molecule has 0 aliphatic carbocycles. The molecule has 1 aliphatic heterocycles. The topological polar surface area (TPSA) is 72.7 Å². The zero-order chi connectivity index (χ0) is 17.9. The summed E-state index contributed by atoms with van der Waals surface area (Å²) in [5.41, 5.74) is 2.13. The van der Waals surface area contributed by atoms with Crippen LogP contribution in [0.1, 0.15) is 27.7 Å². The molecule has 3 amide bonds. The molecule has 0 saturated carbocycles. The highest BCUT2D eigenvalue weighted by molar-refractivity contribution is 7.13. The van der Waals surface area contributed by atoms with Gasteiger partial charge in [0.1, 0.15) is 5.51 Å². The highest BCUT2D eigenvalue weighted by Crippen LogP contribution is 2.22. The van der Waals surface area contributed by atoms with Crippen molar-refractivity contribution in [3.8, 4) is 0 Å². The average molecular weight is 353 g/mol. The molecule has 2 heterocycles. The second-order valence-corrected chi connectivity index (χ2v) is 6.08. The van der Waals surface area contributed by atoms with E-state index in [2.05, 4.69) is 10.4 Å². The summed E-state index contributed by atoms with van der Waals surface area (Å²) in [4.78, 5) is 30.6. The Morgan fingerprint density at radius 1 is 1.21 bits per heavy atom. The first kappa shape index (κ1) is 18.2. The standard InChI is InChI=1S/C15H24N6O2S/c1-6-19(7-2)11(13(22)20(8-3)9-4)12-17-14(23)18(5)15-21(12)16-10-24-15/h10H,6-9H2,1-5H3/p+1. The number of carbonyl (C=O) groups excluding carboxylic acids is 2. The highest BCUT2D eigenvalue weighted by Gasteiger charge is 2.40. The van der Waals surface area contributed by atoms with Crippen LogP contribution in [-0.4, -0.2) is 60.1 Å². The van der Waals surface area contributed by atoms with Gasteiger partial charge in [0, 0.05) is 26.2 Å². The van der Waals surface area contributed by atoms with Crippen molar-refractivity contribution in [2.24, 2.45) is 0 Å². The van der Waals surface area contributed by atoms with Crippen LogP contribution in [0.2, 0.25) is 0 Å². The zero-order valence-corrected chi connectivity index (χ0v) is 15.7. The number of carbonyl (C=O) groups is 2. The average Bonchev–Trinajstić information content (AvgIpc) is 3.07. The van der Waals surface area contributed by atoms with E-state index in [4.69, 9.17) is 0 Å². The summed E-state index contributed by atoms with van der Waals surface area (Å²) >= 11 is 1.36. The van der Waals surface area contributed by atoms with E-state index < -0.39 is 0 Å². The van der Waals surface area contributed by atoms with Crippen molar-refractivity contribution >= 4 is 34.2 Å². The minimum absolute atomic E-state index is 0.102. The lowest BCUT2D eigenvalue weighted by atomic mass is 10.2. The number of nitrogens with one attached hydrogen (secondary N) is 1. The molecule has 0 spiro atoms. The Morgan fingerprint density at radius 2 is 1.79 bits per heavy atom. The molecular weight excluding hydrogens is 328 g/mol. The monoisotopic (exact) mass is 353 g/mol. The number of likely N-dealkylation sites (N-methyl/N-ethyl adjacent to an activating group) is 2. The summed E-state index contributed by atoms with van der Waals surface area (Å²) in [6.45, 7) is 10.4. The molecule has 0 atom stereocenters. The Labute approximate surface area is 146 Å². The van der Waals surface area contributed by atoms with Gasteiger partial charge in [0.15, 0.2) is 5.70 Å². The van der Waals surface area contributed by atoms with Crippen molar-refractivity contribution in [1.29, 1.82) is 0 Å². The van der Waals surface area contributed by atoms with Crippen molar-refractivity contribution in [1.82, 2.24) is 20.2 Å². The number of fused-ring (bicyclic) bond motifs is 1. The number of urea groups is 1. The van der Waals surface area contributed by atoms with E-state index in [1.807, 2.05) is 32.6 Å². The van der Waals surface area contributed by atoms with Gasteiger partial charge in [0.2, 0.25) is 0 Å². The summed E-state index contributed by atoms with van der Waals surface area (Å²) in [6.07, 6.45) is 0. The fourth-order valence-electron chi connectivity index (χ4n) is 2.66. The predicted molar refractivity (Wildman–Crippen MR) is 93.3 cm³/mol. The normalized spacial score (nSPS) is 15.7. The van der Waals surface area contributed by atoms with E-state index in [1.54, 1.807) is 22.1 Å². The third-order valence-corrected chi connectivity index (χ3v) is 4.95. The fraction of sp³-hybridized carbons (Fsp3) is 0.600. The molecule has 0 fully saturated rings. The minimum Gasteiger partial charge on any atom is -0.362 e. The van der Waals surface area contributed by atoms with Gasteiger partial charge in [-0.3, -0.25) is 4.79 Å². The molecule has 0 saturated heterocycles. The third-order valence-electron chi connectivity index (χ3n) is 4.09. The molecule has 1 aromatic rings. The lowest BCUT2D eigenvalue weighted by Crippen LogP contribution is -2.58. The van der Waals surface area contributed by atoms with Gasteiger partial charge in [-0.25, -0.2) is 10.1 Å². The summed E-state index contributed by atoms with van der Waals surface area (Å²) in [7, 11) is 1.68. The van der Waals surface area contributed by atoms with Crippen molar-refractivity contribution in [3.63, 3.8) is 0 Å². The van der Waals surface area contributed by atoms with Gasteiger partial charge in [-0.2, -0.15) is 4.90 Å². The van der Waals surface area contributed by atoms with E-state index in [9.17, 15) is 9.59 Å². The van der Waals surface area contributed by atoms with Crippen molar-refractivity contribution in [2.45, 2.75) is 27.7 Å². The van der Waals surface area contributed by atoms with Crippen molar-refractivity contribution in [3.05, 3.63) is 11.2 Å². The van der Waals surface area contributed by atoms with Crippen LogP contribution >= 0.6 is 11.3 Å². The van der Waals surface area contributed by atoms with Crippen LogP contribution in [0.25, 0.3) is 5.82 Å². The quantitative estimate of drug-likeness (QED) is 0.610. The molecule has 1 aliphatic rings. The Balaban J connectivity index is 2.66. The van der Waals surface area contributed by atoms with E-state index in [0.717, 1.165) is 0 Å². The molecular formula is C15H25N6O2S+. The molecule has 2 rings (SSSR count). The zero-order valence-electron chi connectivity index (χ0n) is 14.9. The lowest BCUT2D eigenvalue weighted by molar-refractivity contribution is -0.633. The molecule has 132 valence electrons. The number of rotatable bonds is 6. The molecule has 8 nitrogen and oxygen atoms in total. The second-order valence-electron chi connectivity index (χ2n) is 5.27. The molecule has 1 aromatic heterocycles. The molecule has 0 bridgehead atoms. The Hall–Kier alpha value is -2.16. The van der Waals surface area contributed by atoms with Crippen LogP contribution in [0.5, 0.6) is 0 Å².